The molecule has 0 spiro atoms. The molecule has 1 saturated carbocycles. The number of hydrogen-bond donors (Lipinski definition) is 1. The Bertz CT molecular complexity index is 401. The molecule has 0 bridgehead atoms. The fraction of sp³-hybridized carbons (Fsp3) is 0.636. The van der Waals surface area contributed by atoms with Gasteiger partial charge in [-0.05, 0) is 26.2 Å². The van der Waals surface area contributed by atoms with Gasteiger partial charge < -0.3 is 14.3 Å². The Hall–Kier alpha value is -1.36. The van der Waals surface area contributed by atoms with Gasteiger partial charge >= 0.3 is 5.97 Å². The molecule has 0 aromatic carbocycles. The molecule has 0 saturated heterocycles. The van der Waals surface area contributed by atoms with E-state index >= 15 is 0 Å². The minimum Gasteiger partial charge on any atom is -0.476 e. The van der Waals surface area contributed by atoms with Crippen LogP contribution in [0.5, 0.6) is 0 Å². The summed E-state index contributed by atoms with van der Waals surface area (Å²) in [6.07, 6.45) is 3.65. The zero-order chi connectivity index (χ0) is 11.8. The molecule has 1 aromatic rings. The van der Waals surface area contributed by atoms with Crippen LogP contribution in [0.4, 0.5) is 0 Å². The second kappa shape index (κ2) is 3.90. The highest BCUT2D eigenvalue weighted by Crippen LogP contribution is 2.37. The Kier molecular flexibility index (Phi) is 2.71. The SMILES string of the molecule is COC1(Cc2nc(C(=O)O)c(C)o2)CCC1. The maximum absolute atomic E-state index is 10.8. The largest absolute Gasteiger partial charge is 0.476 e. The topological polar surface area (TPSA) is 72.6 Å². The van der Waals surface area contributed by atoms with E-state index in [-0.39, 0.29) is 11.3 Å². The fourth-order valence-electron chi connectivity index (χ4n) is 2.03. The summed E-state index contributed by atoms with van der Waals surface area (Å²) in [7, 11) is 1.67. The summed E-state index contributed by atoms with van der Waals surface area (Å²) in [6.45, 7) is 1.61. The van der Waals surface area contributed by atoms with Crippen LogP contribution in [-0.2, 0) is 11.2 Å². The highest BCUT2D eigenvalue weighted by molar-refractivity contribution is 5.86. The minimum atomic E-state index is -1.05. The number of aromatic nitrogens is 1. The number of ether oxygens (including phenoxy) is 1. The van der Waals surface area contributed by atoms with Gasteiger partial charge in [-0.2, -0.15) is 0 Å². The highest BCUT2D eigenvalue weighted by atomic mass is 16.5. The van der Waals surface area contributed by atoms with E-state index in [0.29, 0.717) is 18.1 Å². The van der Waals surface area contributed by atoms with E-state index in [2.05, 4.69) is 4.98 Å². The fourth-order valence-corrected chi connectivity index (χ4v) is 2.03. The number of nitrogens with zero attached hydrogens (tertiary/aromatic N) is 1. The van der Waals surface area contributed by atoms with Crippen molar-refractivity contribution < 1.29 is 19.1 Å². The predicted octanol–water partition coefficient (Wildman–Crippen LogP) is 1.79. The maximum atomic E-state index is 10.8. The van der Waals surface area contributed by atoms with Crippen LogP contribution in [-0.4, -0.2) is 28.8 Å². The summed E-state index contributed by atoms with van der Waals surface area (Å²) >= 11 is 0. The second-order valence-electron chi connectivity index (χ2n) is 4.24. The molecule has 88 valence electrons. The van der Waals surface area contributed by atoms with E-state index in [4.69, 9.17) is 14.3 Å². The van der Waals surface area contributed by atoms with Gasteiger partial charge in [0.05, 0.1) is 12.0 Å². The number of aryl methyl sites for hydroxylation is 1. The molecule has 0 atom stereocenters. The first-order valence-electron chi connectivity index (χ1n) is 5.31. The number of aromatic carboxylic acids is 1. The molecule has 1 fully saturated rings. The van der Waals surface area contributed by atoms with Gasteiger partial charge in [0.2, 0.25) is 0 Å². The molecule has 1 aliphatic rings. The summed E-state index contributed by atoms with van der Waals surface area (Å²) < 4.78 is 10.8. The third-order valence-electron chi connectivity index (χ3n) is 3.21. The lowest BCUT2D eigenvalue weighted by molar-refractivity contribution is -0.0746. The normalized spacial score (nSPS) is 18.1. The van der Waals surface area contributed by atoms with Gasteiger partial charge in [0, 0.05) is 7.11 Å². The molecule has 5 heteroatoms. The van der Waals surface area contributed by atoms with E-state index in [1.165, 1.54) is 0 Å². The van der Waals surface area contributed by atoms with Crippen LogP contribution in [0.25, 0.3) is 0 Å². The first-order chi connectivity index (χ1) is 7.56. The highest BCUT2D eigenvalue weighted by Gasteiger charge is 2.39. The smallest absolute Gasteiger partial charge is 0.358 e. The van der Waals surface area contributed by atoms with E-state index in [0.717, 1.165) is 19.3 Å². The van der Waals surface area contributed by atoms with Crippen molar-refractivity contribution in [3.8, 4) is 0 Å². The summed E-state index contributed by atoms with van der Waals surface area (Å²) in [5, 5.41) is 8.85. The Balaban J connectivity index is 2.16. The summed E-state index contributed by atoms with van der Waals surface area (Å²) in [5.41, 5.74) is -0.187. The first-order valence-corrected chi connectivity index (χ1v) is 5.31. The minimum absolute atomic E-state index is 0.000534. The van der Waals surface area contributed by atoms with Gasteiger partial charge in [0.25, 0.3) is 0 Å². The quantitative estimate of drug-likeness (QED) is 0.845. The molecule has 1 aromatic heterocycles. The monoisotopic (exact) mass is 225 g/mol. The number of carboxylic acids is 1. The Labute approximate surface area is 93.4 Å². The molecule has 2 rings (SSSR count). The standard InChI is InChI=1S/C11H15NO4/c1-7-9(10(13)14)12-8(16-7)6-11(15-2)4-3-5-11/h3-6H2,1-2H3,(H,13,14). The molecular formula is C11H15NO4. The predicted molar refractivity (Wildman–Crippen MR) is 55.5 cm³/mol. The van der Waals surface area contributed by atoms with Crippen LogP contribution >= 0.6 is 0 Å². The Morgan fingerprint density at radius 2 is 2.31 bits per heavy atom. The van der Waals surface area contributed by atoms with Gasteiger partial charge in [0.1, 0.15) is 5.76 Å². The number of rotatable bonds is 4. The van der Waals surface area contributed by atoms with Crippen molar-refractivity contribution in [1.29, 1.82) is 0 Å². The summed E-state index contributed by atoms with van der Waals surface area (Å²) in [5.74, 6) is -0.239. The van der Waals surface area contributed by atoms with Gasteiger partial charge in [-0.15, -0.1) is 0 Å². The lowest BCUT2D eigenvalue weighted by Crippen LogP contribution is -2.41. The van der Waals surface area contributed by atoms with E-state index in [9.17, 15) is 4.79 Å². The van der Waals surface area contributed by atoms with Gasteiger partial charge in [-0.3, -0.25) is 0 Å². The van der Waals surface area contributed by atoms with Crippen molar-refractivity contribution in [2.24, 2.45) is 0 Å². The molecule has 0 unspecified atom stereocenters. The number of methoxy groups -OCH3 is 1. The maximum Gasteiger partial charge on any atom is 0.358 e. The lowest BCUT2D eigenvalue weighted by Gasteiger charge is -2.39. The van der Waals surface area contributed by atoms with Crippen LogP contribution in [0.3, 0.4) is 0 Å². The van der Waals surface area contributed by atoms with Crippen LogP contribution in [0.2, 0.25) is 0 Å². The number of oxazole rings is 1. The second-order valence-corrected chi connectivity index (χ2v) is 4.24. The van der Waals surface area contributed by atoms with Crippen molar-refractivity contribution >= 4 is 5.97 Å². The van der Waals surface area contributed by atoms with E-state index in [1.54, 1.807) is 14.0 Å². The van der Waals surface area contributed by atoms with Crippen molar-refractivity contribution in [2.45, 2.75) is 38.2 Å². The zero-order valence-electron chi connectivity index (χ0n) is 9.45. The molecule has 0 aliphatic heterocycles. The molecular weight excluding hydrogens is 210 g/mol. The average Bonchev–Trinajstić information content (AvgIpc) is 2.53. The lowest BCUT2D eigenvalue weighted by atomic mass is 9.77. The third-order valence-corrected chi connectivity index (χ3v) is 3.21. The van der Waals surface area contributed by atoms with Gasteiger partial charge in [-0.1, -0.05) is 0 Å². The molecule has 5 nitrogen and oxygen atoms in total. The molecule has 0 amide bonds. The zero-order valence-corrected chi connectivity index (χ0v) is 9.45. The summed E-state index contributed by atoms with van der Waals surface area (Å²) in [4.78, 5) is 14.8. The molecule has 1 heterocycles. The van der Waals surface area contributed by atoms with Crippen LogP contribution in [0, 0.1) is 6.92 Å². The Morgan fingerprint density at radius 1 is 1.62 bits per heavy atom. The number of hydrogen-bond acceptors (Lipinski definition) is 4. The molecule has 1 aliphatic carbocycles. The van der Waals surface area contributed by atoms with E-state index < -0.39 is 5.97 Å². The van der Waals surface area contributed by atoms with Gasteiger partial charge in [-0.25, -0.2) is 9.78 Å². The van der Waals surface area contributed by atoms with Crippen LogP contribution < -0.4 is 0 Å². The van der Waals surface area contributed by atoms with Crippen molar-refractivity contribution in [2.75, 3.05) is 7.11 Å². The number of carbonyl (C=O) groups is 1. The molecule has 0 radical (unpaired) electrons. The Morgan fingerprint density at radius 3 is 2.69 bits per heavy atom. The first kappa shape index (κ1) is 11.1. The van der Waals surface area contributed by atoms with Crippen molar-refractivity contribution in [1.82, 2.24) is 4.98 Å². The number of carboxylic acid groups (broad SMARTS) is 1. The summed E-state index contributed by atoms with van der Waals surface area (Å²) in [6, 6.07) is 0. The van der Waals surface area contributed by atoms with Crippen molar-refractivity contribution in [3.05, 3.63) is 17.3 Å². The molecule has 16 heavy (non-hydrogen) atoms. The van der Waals surface area contributed by atoms with Crippen LogP contribution in [0.1, 0.15) is 41.4 Å². The van der Waals surface area contributed by atoms with Crippen molar-refractivity contribution in [3.63, 3.8) is 0 Å². The van der Waals surface area contributed by atoms with Crippen LogP contribution in [0.15, 0.2) is 4.42 Å². The molecule has 1 N–H and O–H groups in total. The van der Waals surface area contributed by atoms with Gasteiger partial charge in [0.15, 0.2) is 11.6 Å². The average molecular weight is 225 g/mol. The third kappa shape index (κ3) is 1.82. The van der Waals surface area contributed by atoms with E-state index in [1.807, 2.05) is 0 Å².